The maximum Gasteiger partial charge on any atom is 0.221 e. The topological polar surface area (TPSA) is 46.2 Å². The van der Waals surface area contributed by atoms with E-state index in [-0.39, 0.29) is 16.9 Å². The highest BCUT2D eigenvalue weighted by Gasteiger charge is 2.25. The zero-order chi connectivity index (χ0) is 16.2. The number of Topliss-reactive ketones (excluding diaryl/α,β-unsaturated/α-hetero) is 1. The van der Waals surface area contributed by atoms with Crippen LogP contribution < -0.4 is 5.32 Å². The number of amides is 1. The monoisotopic (exact) mass is 325 g/mol. The second kappa shape index (κ2) is 7.01. The van der Waals surface area contributed by atoms with Crippen LogP contribution in [0, 0.1) is 0 Å². The molecular formula is C19H19NO2S. The van der Waals surface area contributed by atoms with E-state index in [0.717, 1.165) is 35.4 Å². The van der Waals surface area contributed by atoms with Gasteiger partial charge in [0.05, 0.1) is 5.25 Å². The number of ketones is 1. The van der Waals surface area contributed by atoms with Crippen molar-refractivity contribution in [2.45, 2.75) is 36.3 Å². The van der Waals surface area contributed by atoms with Crippen LogP contribution in [-0.2, 0) is 11.2 Å². The molecule has 0 spiro atoms. The molecule has 0 aliphatic heterocycles. The van der Waals surface area contributed by atoms with Gasteiger partial charge in [0.1, 0.15) is 0 Å². The Morgan fingerprint density at radius 1 is 1.13 bits per heavy atom. The van der Waals surface area contributed by atoms with E-state index in [1.54, 1.807) is 11.8 Å². The van der Waals surface area contributed by atoms with Crippen molar-refractivity contribution in [3.8, 4) is 0 Å². The lowest BCUT2D eigenvalue weighted by Gasteiger charge is -2.13. The Bertz CT molecular complexity index is 724. The highest BCUT2D eigenvalue weighted by Crippen LogP contribution is 2.33. The minimum Gasteiger partial charge on any atom is -0.326 e. The van der Waals surface area contributed by atoms with Crippen molar-refractivity contribution in [1.82, 2.24) is 0 Å². The molecule has 3 rings (SSSR count). The van der Waals surface area contributed by atoms with Crippen LogP contribution in [0.2, 0.25) is 0 Å². The van der Waals surface area contributed by atoms with Crippen LogP contribution in [0.1, 0.15) is 35.7 Å². The van der Waals surface area contributed by atoms with E-state index < -0.39 is 0 Å². The molecule has 1 unspecified atom stereocenters. The van der Waals surface area contributed by atoms with E-state index in [1.807, 2.05) is 42.5 Å². The largest absolute Gasteiger partial charge is 0.326 e. The molecule has 2 aromatic rings. The molecule has 1 aliphatic rings. The van der Waals surface area contributed by atoms with Crippen molar-refractivity contribution in [3.63, 3.8) is 0 Å². The summed E-state index contributed by atoms with van der Waals surface area (Å²) in [5.41, 5.74) is 2.82. The van der Waals surface area contributed by atoms with Gasteiger partial charge in [-0.05, 0) is 49.1 Å². The van der Waals surface area contributed by atoms with Crippen LogP contribution >= 0.6 is 11.8 Å². The van der Waals surface area contributed by atoms with Crippen LogP contribution in [0.25, 0.3) is 0 Å². The number of hydrogen-bond acceptors (Lipinski definition) is 3. The number of fused-ring (bicyclic) bond motifs is 1. The number of anilines is 1. The maximum absolute atomic E-state index is 12.8. The predicted molar refractivity (Wildman–Crippen MR) is 94.1 cm³/mol. The molecule has 0 saturated carbocycles. The zero-order valence-electron chi connectivity index (χ0n) is 13.0. The molecule has 0 fully saturated rings. The average molecular weight is 325 g/mol. The number of carbonyl (C=O) groups is 2. The van der Waals surface area contributed by atoms with Crippen LogP contribution in [0.5, 0.6) is 0 Å². The zero-order valence-corrected chi connectivity index (χ0v) is 13.9. The standard InChI is InChI=1S/C19H19NO2S/c1-13(21)20-15-9-11-16(12-10-15)23-18-8-4-6-14-5-2-3-7-17(14)19(18)22/h2-3,5,7,9-12,18H,4,6,8H2,1H3,(H,20,21). The van der Waals surface area contributed by atoms with E-state index in [4.69, 9.17) is 0 Å². The number of benzene rings is 2. The van der Waals surface area contributed by atoms with E-state index in [1.165, 1.54) is 12.5 Å². The van der Waals surface area contributed by atoms with Crippen molar-refractivity contribution < 1.29 is 9.59 Å². The first-order valence-corrected chi connectivity index (χ1v) is 8.68. The first-order valence-electron chi connectivity index (χ1n) is 7.80. The van der Waals surface area contributed by atoms with Gasteiger partial charge in [0.15, 0.2) is 5.78 Å². The van der Waals surface area contributed by atoms with E-state index in [0.29, 0.717) is 0 Å². The van der Waals surface area contributed by atoms with Crippen molar-refractivity contribution in [1.29, 1.82) is 0 Å². The normalized spacial score (nSPS) is 17.3. The molecule has 1 atom stereocenters. The van der Waals surface area contributed by atoms with Crippen molar-refractivity contribution in [3.05, 3.63) is 59.7 Å². The average Bonchev–Trinajstić information content (AvgIpc) is 2.69. The molecule has 0 heterocycles. The number of aryl methyl sites for hydroxylation is 1. The predicted octanol–water partition coefficient (Wildman–Crippen LogP) is 4.32. The Hall–Kier alpha value is -2.07. The third kappa shape index (κ3) is 3.82. The summed E-state index contributed by atoms with van der Waals surface area (Å²) >= 11 is 1.61. The Labute approximate surface area is 140 Å². The van der Waals surface area contributed by atoms with Gasteiger partial charge in [0.25, 0.3) is 0 Å². The van der Waals surface area contributed by atoms with E-state index in [2.05, 4.69) is 11.4 Å². The fraction of sp³-hybridized carbons (Fsp3) is 0.263. The minimum atomic E-state index is -0.0824. The van der Waals surface area contributed by atoms with Gasteiger partial charge < -0.3 is 5.32 Å². The summed E-state index contributed by atoms with van der Waals surface area (Å²) in [7, 11) is 0. The second-order valence-corrected chi connectivity index (χ2v) is 7.00. The molecule has 118 valence electrons. The molecule has 1 N–H and O–H groups in total. The molecule has 23 heavy (non-hydrogen) atoms. The maximum atomic E-state index is 12.8. The summed E-state index contributed by atoms with van der Waals surface area (Å²) in [4.78, 5) is 24.9. The molecular weight excluding hydrogens is 306 g/mol. The molecule has 1 aliphatic carbocycles. The van der Waals surface area contributed by atoms with Gasteiger partial charge in [-0.3, -0.25) is 9.59 Å². The smallest absolute Gasteiger partial charge is 0.221 e. The number of thioether (sulfide) groups is 1. The van der Waals surface area contributed by atoms with Gasteiger partial charge in [-0.2, -0.15) is 0 Å². The van der Waals surface area contributed by atoms with Gasteiger partial charge in [-0.1, -0.05) is 24.3 Å². The number of carbonyl (C=O) groups excluding carboxylic acids is 2. The first kappa shape index (κ1) is 15.8. The summed E-state index contributed by atoms with van der Waals surface area (Å²) in [6, 6.07) is 15.6. The second-order valence-electron chi connectivity index (χ2n) is 5.73. The summed E-state index contributed by atoms with van der Waals surface area (Å²) in [6.07, 6.45) is 2.90. The minimum absolute atomic E-state index is 0.0368. The molecule has 0 aromatic heterocycles. The highest BCUT2D eigenvalue weighted by atomic mass is 32.2. The molecule has 3 nitrogen and oxygen atoms in total. The van der Waals surface area contributed by atoms with Gasteiger partial charge in [0, 0.05) is 23.1 Å². The van der Waals surface area contributed by atoms with Crippen LogP contribution in [0.4, 0.5) is 5.69 Å². The molecule has 2 aromatic carbocycles. The Balaban J connectivity index is 1.75. The number of nitrogens with one attached hydrogen (secondary N) is 1. The summed E-state index contributed by atoms with van der Waals surface area (Å²) in [6.45, 7) is 1.49. The van der Waals surface area contributed by atoms with Crippen molar-refractivity contribution in [2.75, 3.05) is 5.32 Å². The Morgan fingerprint density at radius 3 is 2.61 bits per heavy atom. The van der Waals surface area contributed by atoms with E-state index >= 15 is 0 Å². The van der Waals surface area contributed by atoms with Crippen LogP contribution in [0.15, 0.2) is 53.4 Å². The number of hydrogen-bond donors (Lipinski definition) is 1. The molecule has 0 bridgehead atoms. The Kier molecular flexibility index (Phi) is 4.82. The molecule has 1 amide bonds. The van der Waals surface area contributed by atoms with Gasteiger partial charge >= 0.3 is 0 Å². The quantitative estimate of drug-likeness (QED) is 0.855. The lowest BCUT2D eigenvalue weighted by atomic mass is 10.0. The fourth-order valence-corrected chi connectivity index (χ4v) is 4.00. The lowest BCUT2D eigenvalue weighted by Crippen LogP contribution is -2.16. The summed E-state index contributed by atoms with van der Waals surface area (Å²) < 4.78 is 0. The fourth-order valence-electron chi connectivity index (χ4n) is 2.86. The van der Waals surface area contributed by atoms with Crippen LogP contribution in [0.3, 0.4) is 0 Å². The van der Waals surface area contributed by atoms with Crippen LogP contribution in [-0.4, -0.2) is 16.9 Å². The third-order valence-electron chi connectivity index (χ3n) is 3.94. The lowest BCUT2D eigenvalue weighted by molar-refractivity contribution is -0.114. The van der Waals surface area contributed by atoms with Gasteiger partial charge in [0.2, 0.25) is 5.91 Å². The highest BCUT2D eigenvalue weighted by molar-refractivity contribution is 8.00. The molecule has 0 saturated heterocycles. The van der Waals surface area contributed by atoms with Gasteiger partial charge in [-0.15, -0.1) is 11.8 Å². The SMILES string of the molecule is CC(=O)Nc1ccc(SC2CCCc3ccccc3C2=O)cc1. The summed E-state index contributed by atoms with van der Waals surface area (Å²) in [5, 5.41) is 2.72. The van der Waals surface area contributed by atoms with E-state index in [9.17, 15) is 9.59 Å². The third-order valence-corrected chi connectivity index (χ3v) is 5.22. The first-order chi connectivity index (χ1) is 11.1. The van der Waals surface area contributed by atoms with Crippen molar-refractivity contribution >= 4 is 29.1 Å². The molecule has 0 radical (unpaired) electrons. The Morgan fingerprint density at radius 2 is 1.87 bits per heavy atom. The van der Waals surface area contributed by atoms with Gasteiger partial charge in [-0.25, -0.2) is 0 Å². The molecule has 4 heteroatoms. The van der Waals surface area contributed by atoms with Crippen molar-refractivity contribution in [2.24, 2.45) is 0 Å². The summed E-state index contributed by atoms with van der Waals surface area (Å²) in [5.74, 6) is 0.148. The number of rotatable bonds is 3.